The molecule has 0 unspecified atom stereocenters. The first-order valence-electron chi connectivity index (χ1n) is 15.0. The molecule has 3 aromatic heterocycles. The molecular weight excluding hydrogens is 534 g/mol. The third kappa shape index (κ3) is 7.19. The summed E-state index contributed by atoms with van der Waals surface area (Å²) >= 11 is 1.41. The van der Waals surface area contributed by atoms with Crippen LogP contribution < -0.4 is 15.5 Å². The zero-order chi connectivity index (χ0) is 28.2. The summed E-state index contributed by atoms with van der Waals surface area (Å²) in [7, 11) is 0. The van der Waals surface area contributed by atoms with Gasteiger partial charge >= 0.3 is 0 Å². The minimum atomic E-state index is 0.0547. The van der Waals surface area contributed by atoms with E-state index >= 15 is 0 Å². The Bertz CT molecular complexity index is 1290. The summed E-state index contributed by atoms with van der Waals surface area (Å²) in [6.07, 6.45) is 10.5. The first-order chi connectivity index (χ1) is 19.9. The van der Waals surface area contributed by atoms with Gasteiger partial charge in [0, 0.05) is 44.0 Å². The fourth-order valence-corrected chi connectivity index (χ4v) is 7.64. The van der Waals surface area contributed by atoms with Crippen molar-refractivity contribution in [2.24, 2.45) is 11.3 Å². The number of pyridine rings is 1. The van der Waals surface area contributed by atoms with E-state index in [1.807, 2.05) is 12.1 Å². The minimum Gasteiger partial charge on any atom is -0.355 e. The Morgan fingerprint density at radius 1 is 1.02 bits per heavy atom. The lowest BCUT2D eigenvalue weighted by Crippen LogP contribution is -2.42. The maximum Gasteiger partial charge on any atom is 0.226 e. The molecule has 1 spiro atoms. The fourth-order valence-electron chi connectivity index (χ4n) is 6.90. The predicted octanol–water partition coefficient (Wildman–Crippen LogP) is 4.83. The van der Waals surface area contributed by atoms with Crippen molar-refractivity contribution < 1.29 is 4.79 Å². The van der Waals surface area contributed by atoms with Crippen LogP contribution in [0.1, 0.15) is 68.3 Å². The van der Waals surface area contributed by atoms with Crippen LogP contribution in [0.5, 0.6) is 0 Å². The SMILES string of the molecule is Cc1cc(C)nc(CN2CCC3(CCC(CC(=O)Nc4nnc(N[C@@H]5CCN(c6cccnn6)C5)s4)CC3)CC2)c1. The Morgan fingerprint density at radius 2 is 1.83 bits per heavy atom. The van der Waals surface area contributed by atoms with Gasteiger partial charge < -0.3 is 15.5 Å². The summed E-state index contributed by atoms with van der Waals surface area (Å²) < 4.78 is 0. The number of nitrogens with one attached hydrogen (secondary N) is 2. The predicted molar refractivity (Wildman–Crippen MR) is 162 cm³/mol. The van der Waals surface area contributed by atoms with Gasteiger partial charge in [0.05, 0.1) is 5.69 Å². The van der Waals surface area contributed by atoms with Gasteiger partial charge in [0.2, 0.25) is 16.2 Å². The van der Waals surface area contributed by atoms with E-state index in [9.17, 15) is 4.79 Å². The van der Waals surface area contributed by atoms with Gasteiger partial charge in [-0.1, -0.05) is 11.3 Å². The largest absolute Gasteiger partial charge is 0.355 e. The van der Waals surface area contributed by atoms with E-state index in [1.165, 1.54) is 48.3 Å². The Labute approximate surface area is 246 Å². The van der Waals surface area contributed by atoms with Crippen molar-refractivity contribution in [1.29, 1.82) is 0 Å². The molecule has 1 atom stereocenters. The van der Waals surface area contributed by atoms with Crippen molar-refractivity contribution in [3.05, 3.63) is 47.4 Å². The van der Waals surface area contributed by atoms with Crippen molar-refractivity contribution in [2.75, 3.05) is 41.7 Å². The van der Waals surface area contributed by atoms with Crippen molar-refractivity contribution in [2.45, 2.75) is 77.8 Å². The second kappa shape index (κ2) is 12.4. The topological polar surface area (TPSA) is 112 Å². The van der Waals surface area contributed by atoms with Gasteiger partial charge in [-0.05, 0) is 113 Å². The zero-order valence-electron chi connectivity index (χ0n) is 24.2. The molecule has 11 heteroatoms. The highest BCUT2D eigenvalue weighted by Crippen LogP contribution is 2.47. The molecule has 0 aromatic carbocycles. The fraction of sp³-hybridized carbons (Fsp3) is 0.600. The molecule has 10 nitrogen and oxygen atoms in total. The standard InChI is InChI=1S/C30H41N9OS/c1-21-16-22(2)32-25(17-21)19-38-14-10-30(11-15-38)8-5-23(6-9-30)18-27(40)34-29-37-36-28(41-29)33-24-7-13-39(20-24)26-4-3-12-31-35-26/h3-4,12,16-17,23-24H,5-11,13-15,18-20H2,1-2H3,(H,33,36)(H,34,37,40)/t24-/m1/s1. The van der Waals surface area contributed by atoms with Crippen molar-refractivity contribution in [1.82, 2.24) is 30.3 Å². The maximum absolute atomic E-state index is 12.8. The molecule has 2 saturated heterocycles. The molecule has 2 N–H and O–H groups in total. The molecule has 1 aliphatic carbocycles. The number of aromatic nitrogens is 5. The molecule has 2 aliphatic heterocycles. The van der Waals surface area contributed by atoms with Crippen LogP contribution in [0.2, 0.25) is 0 Å². The summed E-state index contributed by atoms with van der Waals surface area (Å²) in [4.78, 5) is 22.4. The number of aryl methyl sites for hydroxylation is 2. The van der Waals surface area contributed by atoms with E-state index in [0.717, 1.165) is 68.6 Å². The van der Waals surface area contributed by atoms with Crippen LogP contribution in [0.25, 0.3) is 0 Å². The van der Waals surface area contributed by atoms with Crippen LogP contribution in [-0.4, -0.2) is 68.4 Å². The summed E-state index contributed by atoms with van der Waals surface area (Å²) in [5.41, 5.74) is 4.05. The lowest BCUT2D eigenvalue weighted by Gasteiger charge is -2.46. The molecule has 0 bridgehead atoms. The number of anilines is 3. The van der Waals surface area contributed by atoms with Crippen LogP contribution in [0.15, 0.2) is 30.5 Å². The number of rotatable bonds is 8. The maximum atomic E-state index is 12.8. The molecule has 5 heterocycles. The van der Waals surface area contributed by atoms with E-state index in [4.69, 9.17) is 4.98 Å². The molecule has 218 valence electrons. The van der Waals surface area contributed by atoms with Crippen LogP contribution >= 0.6 is 11.3 Å². The number of carbonyl (C=O) groups excluding carboxylic acids is 1. The average Bonchev–Trinajstić information content (AvgIpc) is 3.61. The zero-order valence-corrected chi connectivity index (χ0v) is 25.0. The summed E-state index contributed by atoms with van der Waals surface area (Å²) in [6.45, 7) is 9.23. The van der Waals surface area contributed by atoms with E-state index < -0.39 is 0 Å². The summed E-state index contributed by atoms with van der Waals surface area (Å²) in [6, 6.07) is 8.51. The Kier molecular flexibility index (Phi) is 8.43. The van der Waals surface area contributed by atoms with Crippen LogP contribution in [0.4, 0.5) is 16.1 Å². The van der Waals surface area contributed by atoms with Crippen LogP contribution in [-0.2, 0) is 11.3 Å². The highest BCUT2D eigenvalue weighted by atomic mass is 32.1. The second-order valence-electron chi connectivity index (χ2n) is 12.3. The van der Waals surface area contributed by atoms with Gasteiger partial charge in [0.25, 0.3) is 0 Å². The van der Waals surface area contributed by atoms with Crippen molar-refractivity contribution in [3.8, 4) is 0 Å². The number of amides is 1. The number of likely N-dealkylation sites (tertiary alicyclic amines) is 1. The van der Waals surface area contributed by atoms with Gasteiger partial charge in [-0.2, -0.15) is 5.10 Å². The number of carbonyl (C=O) groups is 1. The van der Waals surface area contributed by atoms with Crippen LogP contribution in [0.3, 0.4) is 0 Å². The van der Waals surface area contributed by atoms with Crippen molar-refractivity contribution in [3.63, 3.8) is 0 Å². The van der Waals surface area contributed by atoms with Crippen LogP contribution in [0, 0.1) is 25.2 Å². The number of hydrogen-bond acceptors (Lipinski definition) is 10. The van der Waals surface area contributed by atoms with Gasteiger partial charge in [0.15, 0.2) is 5.82 Å². The average molecular weight is 576 g/mol. The Hall–Kier alpha value is -3.18. The molecule has 3 aliphatic rings. The lowest BCUT2D eigenvalue weighted by atomic mass is 9.65. The minimum absolute atomic E-state index is 0.0547. The molecule has 41 heavy (non-hydrogen) atoms. The molecule has 0 radical (unpaired) electrons. The van der Waals surface area contributed by atoms with E-state index in [1.54, 1.807) is 6.20 Å². The number of piperidine rings is 1. The van der Waals surface area contributed by atoms with E-state index in [-0.39, 0.29) is 11.9 Å². The Morgan fingerprint density at radius 3 is 2.59 bits per heavy atom. The first-order valence-corrected chi connectivity index (χ1v) is 15.8. The molecular formula is C30H41N9OS. The van der Waals surface area contributed by atoms with E-state index in [2.05, 4.69) is 66.8 Å². The van der Waals surface area contributed by atoms with E-state index in [0.29, 0.717) is 22.9 Å². The van der Waals surface area contributed by atoms with Gasteiger partial charge in [-0.3, -0.25) is 14.7 Å². The molecule has 3 fully saturated rings. The third-order valence-electron chi connectivity index (χ3n) is 9.16. The van der Waals surface area contributed by atoms with Crippen molar-refractivity contribution >= 4 is 33.3 Å². The summed E-state index contributed by atoms with van der Waals surface area (Å²) in [5.74, 6) is 1.40. The normalized spacial score (nSPS) is 21.3. The first kappa shape index (κ1) is 28.0. The highest BCUT2D eigenvalue weighted by Gasteiger charge is 2.38. The molecule has 6 rings (SSSR count). The lowest BCUT2D eigenvalue weighted by molar-refractivity contribution is -0.117. The molecule has 1 amide bonds. The highest BCUT2D eigenvalue weighted by molar-refractivity contribution is 7.19. The monoisotopic (exact) mass is 575 g/mol. The summed E-state index contributed by atoms with van der Waals surface area (Å²) in [5, 5.41) is 24.4. The molecule has 3 aromatic rings. The van der Waals surface area contributed by atoms with Gasteiger partial charge in [0.1, 0.15) is 0 Å². The second-order valence-corrected chi connectivity index (χ2v) is 13.3. The van der Waals surface area contributed by atoms with Gasteiger partial charge in [-0.25, -0.2) is 0 Å². The smallest absolute Gasteiger partial charge is 0.226 e. The van der Waals surface area contributed by atoms with Gasteiger partial charge in [-0.15, -0.1) is 15.3 Å². The quantitative estimate of drug-likeness (QED) is 0.390. The third-order valence-corrected chi connectivity index (χ3v) is 9.93. The Balaban J connectivity index is 0.909. The number of hydrogen-bond donors (Lipinski definition) is 2. The number of nitrogens with zero attached hydrogens (tertiary/aromatic N) is 7. The molecule has 1 saturated carbocycles.